The molecular formula is C36H69NO11S. The van der Waals surface area contributed by atoms with E-state index in [0.717, 1.165) is 57.8 Å². The van der Waals surface area contributed by atoms with Crippen molar-refractivity contribution in [1.29, 1.82) is 0 Å². The number of ether oxygens (including phenoxy) is 2. The number of hydrogen-bond acceptors (Lipinski definition) is 10. The van der Waals surface area contributed by atoms with Crippen LogP contribution in [0, 0.1) is 0 Å². The molecule has 1 aliphatic heterocycles. The van der Waals surface area contributed by atoms with Gasteiger partial charge in [0.05, 0.1) is 25.4 Å². The Morgan fingerprint density at radius 2 is 1.33 bits per heavy atom. The second kappa shape index (κ2) is 28.4. The Bertz CT molecular complexity index is 951. The number of aliphatic hydroxyl groups is 4. The van der Waals surface area contributed by atoms with Crippen molar-refractivity contribution in [2.45, 2.75) is 198 Å². The zero-order chi connectivity index (χ0) is 36.3. The van der Waals surface area contributed by atoms with Gasteiger partial charge in [0.25, 0.3) is 0 Å². The highest BCUT2D eigenvalue weighted by Gasteiger charge is 2.48. The van der Waals surface area contributed by atoms with E-state index in [4.69, 9.17) is 14.0 Å². The van der Waals surface area contributed by atoms with Crippen molar-refractivity contribution < 1.29 is 51.8 Å². The number of rotatable bonds is 31. The summed E-state index contributed by atoms with van der Waals surface area (Å²) in [5.74, 6) is -0.247. The lowest BCUT2D eigenvalue weighted by Gasteiger charge is -2.41. The van der Waals surface area contributed by atoms with Crippen LogP contribution in [0.15, 0.2) is 12.2 Å². The molecule has 49 heavy (non-hydrogen) atoms. The number of carbonyl (C=O) groups excluding carboxylic acids is 1. The molecule has 290 valence electrons. The lowest BCUT2D eigenvalue weighted by Crippen LogP contribution is -2.61. The van der Waals surface area contributed by atoms with Gasteiger partial charge < -0.3 is 35.2 Å². The van der Waals surface area contributed by atoms with Crippen molar-refractivity contribution >= 4 is 16.3 Å². The van der Waals surface area contributed by atoms with Gasteiger partial charge in [-0.05, 0) is 32.1 Å². The molecule has 0 aliphatic carbocycles. The average Bonchev–Trinajstić information content (AvgIpc) is 3.06. The first-order valence-corrected chi connectivity index (χ1v) is 20.4. The third-order valence-corrected chi connectivity index (χ3v) is 9.54. The second-order valence-electron chi connectivity index (χ2n) is 13.5. The highest BCUT2D eigenvalue weighted by molar-refractivity contribution is 7.80. The fourth-order valence-electron chi connectivity index (χ4n) is 6.03. The van der Waals surface area contributed by atoms with Gasteiger partial charge in [-0.25, -0.2) is 4.18 Å². The summed E-state index contributed by atoms with van der Waals surface area (Å²) in [6.45, 7) is 3.35. The van der Waals surface area contributed by atoms with Crippen molar-refractivity contribution in [3.63, 3.8) is 0 Å². The molecule has 1 aliphatic rings. The van der Waals surface area contributed by atoms with E-state index in [2.05, 4.69) is 35.5 Å². The topological polar surface area (TPSA) is 192 Å². The number of allylic oxidation sites excluding steroid dienone is 2. The van der Waals surface area contributed by atoms with Gasteiger partial charge in [-0.3, -0.25) is 9.35 Å². The van der Waals surface area contributed by atoms with Crippen LogP contribution in [0.4, 0.5) is 0 Å². The van der Waals surface area contributed by atoms with E-state index in [1.807, 2.05) is 0 Å². The van der Waals surface area contributed by atoms with Crippen LogP contribution in [0.1, 0.15) is 155 Å². The highest BCUT2D eigenvalue weighted by atomic mass is 32.3. The summed E-state index contributed by atoms with van der Waals surface area (Å²) < 4.78 is 47.3. The molecule has 1 amide bonds. The van der Waals surface area contributed by atoms with Gasteiger partial charge in [-0.15, -0.1) is 0 Å². The number of aliphatic hydroxyl groups excluding tert-OH is 4. The number of nitrogens with one attached hydrogen (secondary N) is 1. The maximum Gasteiger partial charge on any atom is 0.397 e. The summed E-state index contributed by atoms with van der Waals surface area (Å²) in [6, 6.07) is -0.857. The van der Waals surface area contributed by atoms with Crippen molar-refractivity contribution in [2.75, 3.05) is 13.2 Å². The first-order chi connectivity index (χ1) is 23.5. The molecule has 0 spiro atoms. The monoisotopic (exact) mass is 723 g/mol. The highest BCUT2D eigenvalue weighted by Crippen LogP contribution is 2.26. The van der Waals surface area contributed by atoms with Crippen LogP contribution < -0.4 is 5.32 Å². The molecular weight excluding hydrogens is 654 g/mol. The van der Waals surface area contributed by atoms with Gasteiger partial charge in [0.15, 0.2) is 6.29 Å². The van der Waals surface area contributed by atoms with Crippen LogP contribution in [0.3, 0.4) is 0 Å². The minimum absolute atomic E-state index is 0.247. The maximum absolute atomic E-state index is 12.9. The first-order valence-electron chi connectivity index (χ1n) is 19.1. The van der Waals surface area contributed by atoms with Crippen LogP contribution >= 0.6 is 0 Å². The molecule has 0 aromatic carbocycles. The molecule has 0 aromatic heterocycles. The normalized spacial score (nSPS) is 22.8. The van der Waals surface area contributed by atoms with E-state index < -0.39 is 59.9 Å². The summed E-state index contributed by atoms with van der Waals surface area (Å²) >= 11 is 0. The minimum atomic E-state index is -5.07. The van der Waals surface area contributed by atoms with E-state index in [-0.39, 0.29) is 18.9 Å². The van der Waals surface area contributed by atoms with Gasteiger partial charge in [0, 0.05) is 6.42 Å². The molecule has 1 saturated heterocycles. The number of amides is 1. The predicted octanol–water partition coefficient (Wildman–Crippen LogP) is 5.65. The summed E-state index contributed by atoms with van der Waals surface area (Å²) in [7, 11) is -5.07. The Hall–Kier alpha value is -1.16. The maximum atomic E-state index is 12.9. The van der Waals surface area contributed by atoms with E-state index in [0.29, 0.717) is 12.8 Å². The largest absolute Gasteiger partial charge is 0.397 e. The number of carbonyl (C=O) groups is 1. The van der Waals surface area contributed by atoms with Crippen LogP contribution in [0.5, 0.6) is 0 Å². The SMILES string of the molecule is CCCC/C=C\CCCCCCC(=O)NC(COC1OC(CO)C(O)C(OS(=O)(=O)O)C1O)C(O)CCCCCCCCCCCCCC. The quantitative estimate of drug-likeness (QED) is 0.0294. The standard InChI is InChI=1S/C36H69NO11S/c1-3-5-7-9-11-13-15-16-17-19-21-23-25-30(39)29(37-32(40)26-24-22-20-18-14-12-10-8-6-4-2)28-46-36-34(42)35(48-49(43,44)45)33(41)31(27-38)47-36/h10,12,29-31,33-36,38-39,41-42H,3-9,11,13-28H2,1-2H3,(H,37,40)(H,43,44,45)/b12-10-. The van der Waals surface area contributed by atoms with Crippen LogP contribution in [-0.2, 0) is 28.9 Å². The minimum Gasteiger partial charge on any atom is -0.394 e. The van der Waals surface area contributed by atoms with Crippen LogP contribution in [0.2, 0.25) is 0 Å². The molecule has 12 nitrogen and oxygen atoms in total. The van der Waals surface area contributed by atoms with Crippen LogP contribution in [-0.4, -0.2) is 95.4 Å². The molecule has 1 heterocycles. The van der Waals surface area contributed by atoms with Crippen LogP contribution in [0.25, 0.3) is 0 Å². The Kier molecular flexibility index (Phi) is 26.6. The molecule has 0 bridgehead atoms. The Balaban J connectivity index is 2.63. The summed E-state index contributed by atoms with van der Waals surface area (Å²) in [5.41, 5.74) is 0. The van der Waals surface area contributed by atoms with Gasteiger partial charge in [-0.1, -0.05) is 129 Å². The van der Waals surface area contributed by atoms with Crippen molar-refractivity contribution in [3.05, 3.63) is 12.2 Å². The predicted molar refractivity (Wildman–Crippen MR) is 190 cm³/mol. The molecule has 1 fully saturated rings. The Morgan fingerprint density at radius 1 is 0.796 bits per heavy atom. The van der Waals surface area contributed by atoms with Gasteiger partial charge in [0.1, 0.15) is 24.4 Å². The average molecular weight is 724 g/mol. The molecule has 0 aromatic rings. The van der Waals surface area contributed by atoms with Gasteiger partial charge in [0.2, 0.25) is 5.91 Å². The van der Waals surface area contributed by atoms with Gasteiger partial charge in [-0.2, -0.15) is 8.42 Å². The molecule has 7 atom stereocenters. The third kappa shape index (κ3) is 22.4. The summed E-state index contributed by atoms with van der Waals surface area (Å²) in [4.78, 5) is 12.9. The smallest absolute Gasteiger partial charge is 0.394 e. The first kappa shape index (κ1) is 45.9. The zero-order valence-electron chi connectivity index (χ0n) is 30.3. The molecule has 13 heteroatoms. The third-order valence-electron chi connectivity index (χ3n) is 9.07. The van der Waals surface area contributed by atoms with Gasteiger partial charge >= 0.3 is 10.4 Å². The molecule has 6 N–H and O–H groups in total. The van der Waals surface area contributed by atoms with E-state index in [9.17, 15) is 33.6 Å². The lowest BCUT2D eigenvalue weighted by molar-refractivity contribution is -0.298. The number of unbranched alkanes of at least 4 members (excludes halogenated alkanes) is 17. The van der Waals surface area contributed by atoms with E-state index in [1.165, 1.54) is 64.2 Å². The second-order valence-corrected chi connectivity index (χ2v) is 14.6. The van der Waals surface area contributed by atoms with Crippen molar-refractivity contribution in [3.8, 4) is 0 Å². The fourth-order valence-corrected chi connectivity index (χ4v) is 6.53. The Morgan fingerprint density at radius 3 is 1.90 bits per heavy atom. The molecule has 1 rings (SSSR count). The molecule has 7 unspecified atom stereocenters. The lowest BCUT2D eigenvalue weighted by atomic mass is 9.99. The summed E-state index contributed by atoms with van der Waals surface area (Å²) in [5, 5.41) is 44.5. The van der Waals surface area contributed by atoms with E-state index in [1.54, 1.807) is 0 Å². The molecule has 0 saturated carbocycles. The fraction of sp³-hybridized carbons (Fsp3) is 0.917. The Labute approximate surface area is 296 Å². The number of hydrogen-bond donors (Lipinski definition) is 6. The van der Waals surface area contributed by atoms with Crippen molar-refractivity contribution in [2.24, 2.45) is 0 Å². The summed E-state index contributed by atoms with van der Waals surface area (Å²) in [6.07, 6.45) is 18.0. The van der Waals surface area contributed by atoms with E-state index >= 15 is 0 Å². The van der Waals surface area contributed by atoms with Crippen molar-refractivity contribution in [1.82, 2.24) is 5.32 Å². The zero-order valence-corrected chi connectivity index (χ0v) is 31.1. The molecule has 0 radical (unpaired) electrons.